The van der Waals surface area contributed by atoms with Gasteiger partial charge in [0.25, 0.3) is 0 Å². The summed E-state index contributed by atoms with van der Waals surface area (Å²) in [5.74, 6) is -0.0402. The Kier molecular flexibility index (Phi) is 1.24. The lowest BCUT2D eigenvalue weighted by Crippen LogP contribution is -2.16. The molecule has 56 valence electrons. The van der Waals surface area contributed by atoms with E-state index >= 15 is 0 Å². The fourth-order valence-corrected chi connectivity index (χ4v) is 1.40. The van der Waals surface area contributed by atoms with Gasteiger partial charge in [0.15, 0.2) is 5.78 Å². The Morgan fingerprint density at radius 1 is 1.27 bits per heavy atom. The van der Waals surface area contributed by atoms with E-state index in [1.54, 1.807) is 6.21 Å². The SMILES string of the molecule is O=C1CC(=O)C2=C(C1)N=CC2. The average molecular weight is 149 g/mol. The van der Waals surface area contributed by atoms with Gasteiger partial charge in [0.1, 0.15) is 5.78 Å². The van der Waals surface area contributed by atoms with Crippen LogP contribution in [0.1, 0.15) is 19.3 Å². The molecule has 0 spiro atoms. The summed E-state index contributed by atoms with van der Waals surface area (Å²) in [4.78, 5) is 26.0. The smallest absolute Gasteiger partial charge is 0.168 e. The lowest BCUT2D eigenvalue weighted by atomic mass is 9.94. The fourth-order valence-electron chi connectivity index (χ4n) is 1.40. The third kappa shape index (κ3) is 0.926. The van der Waals surface area contributed by atoms with E-state index < -0.39 is 0 Å². The molecule has 0 atom stereocenters. The van der Waals surface area contributed by atoms with Crippen molar-refractivity contribution in [3.8, 4) is 0 Å². The molecule has 0 aromatic carbocycles. The summed E-state index contributed by atoms with van der Waals surface area (Å²) >= 11 is 0. The molecule has 0 saturated heterocycles. The molecule has 3 heteroatoms. The zero-order chi connectivity index (χ0) is 7.84. The number of hydrogen-bond acceptors (Lipinski definition) is 3. The summed E-state index contributed by atoms with van der Waals surface area (Å²) in [5.41, 5.74) is 1.45. The van der Waals surface area contributed by atoms with Crippen LogP contribution in [-0.2, 0) is 9.59 Å². The predicted molar refractivity (Wildman–Crippen MR) is 39.4 cm³/mol. The van der Waals surface area contributed by atoms with E-state index in [2.05, 4.69) is 4.99 Å². The Morgan fingerprint density at radius 3 is 2.91 bits per heavy atom. The van der Waals surface area contributed by atoms with E-state index in [1.165, 1.54) is 0 Å². The number of carbonyl (C=O) groups is 2. The molecule has 0 amide bonds. The van der Waals surface area contributed by atoms with Gasteiger partial charge in [-0.2, -0.15) is 0 Å². The molecule has 0 radical (unpaired) electrons. The van der Waals surface area contributed by atoms with Crippen molar-refractivity contribution in [3.63, 3.8) is 0 Å². The summed E-state index contributed by atoms with van der Waals surface area (Å²) in [7, 11) is 0. The van der Waals surface area contributed by atoms with Crippen molar-refractivity contribution >= 4 is 17.8 Å². The normalized spacial score (nSPS) is 22.9. The number of nitrogens with zero attached hydrogens (tertiary/aromatic N) is 1. The van der Waals surface area contributed by atoms with Gasteiger partial charge in [0, 0.05) is 24.6 Å². The molecule has 1 aliphatic heterocycles. The second-order valence-electron chi connectivity index (χ2n) is 2.76. The number of aliphatic imine (C=N–C) groups is 1. The van der Waals surface area contributed by atoms with Gasteiger partial charge in [-0.25, -0.2) is 0 Å². The van der Waals surface area contributed by atoms with Gasteiger partial charge in [0.2, 0.25) is 0 Å². The van der Waals surface area contributed by atoms with Gasteiger partial charge >= 0.3 is 0 Å². The Hall–Kier alpha value is -1.25. The molecule has 11 heavy (non-hydrogen) atoms. The first-order valence-electron chi connectivity index (χ1n) is 3.57. The second kappa shape index (κ2) is 2.12. The van der Waals surface area contributed by atoms with Crippen LogP contribution in [0, 0.1) is 0 Å². The van der Waals surface area contributed by atoms with Crippen LogP contribution in [0.15, 0.2) is 16.3 Å². The van der Waals surface area contributed by atoms with Gasteiger partial charge in [-0.15, -0.1) is 0 Å². The highest BCUT2D eigenvalue weighted by Crippen LogP contribution is 2.26. The van der Waals surface area contributed by atoms with Crippen molar-refractivity contribution in [1.29, 1.82) is 0 Å². The van der Waals surface area contributed by atoms with Gasteiger partial charge in [0.05, 0.1) is 12.1 Å². The Balaban J connectivity index is 2.40. The molecule has 3 nitrogen and oxygen atoms in total. The van der Waals surface area contributed by atoms with Crippen LogP contribution in [0.5, 0.6) is 0 Å². The number of allylic oxidation sites excluding steroid dienone is 2. The number of Topliss-reactive ketones (excluding diaryl/α,β-unsaturated/α-hetero) is 2. The van der Waals surface area contributed by atoms with E-state index in [0.717, 1.165) is 5.57 Å². The van der Waals surface area contributed by atoms with Gasteiger partial charge in [-0.1, -0.05) is 0 Å². The molecule has 0 N–H and O–H groups in total. The third-order valence-electron chi connectivity index (χ3n) is 1.95. The first-order valence-corrected chi connectivity index (χ1v) is 3.57. The zero-order valence-corrected chi connectivity index (χ0v) is 5.96. The van der Waals surface area contributed by atoms with Crippen LogP contribution in [0.4, 0.5) is 0 Å². The third-order valence-corrected chi connectivity index (χ3v) is 1.95. The summed E-state index contributed by atoms with van der Waals surface area (Å²) in [6, 6.07) is 0. The Labute approximate surface area is 63.8 Å². The van der Waals surface area contributed by atoms with E-state index in [0.29, 0.717) is 18.5 Å². The van der Waals surface area contributed by atoms with Crippen molar-refractivity contribution in [2.75, 3.05) is 0 Å². The maximum Gasteiger partial charge on any atom is 0.168 e. The van der Waals surface area contributed by atoms with Crippen LogP contribution in [0.3, 0.4) is 0 Å². The van der Waals surface area contributed by atoms with E-state index in [1.807, 2.05) is 0 Å². The molecule has 0 bridgehead atoms. The van der Waals surface area contributed by atoms with Crippen LogP contribution < -0.4 is 0 Å². The van der Waals surface area contributed by atoms with Crippen LogP contribution in [0.2, 0.25) is 0 Å². The van der Waals surface area contributed by atoms with Crippen LogP contribution >= 0.6 is 0 Å². The van der Waals surface area contributed by atoms with E-state index in [9.17, 15) is 9.59 Å². The average Bonchev–Trinajstić information content (AvgIpc) is 2.34. The number of ketones is 2. The topological polar surface area (TPSA) is 46.5 Å². The van der Waals surface area contributed by atoms with Crippen LogP contribution in [-0.4, -0.2) is 17.8 Å². The standard InChI is InChI=1S/C8H7NO2/c10-5-3-7-6(1-2-9-7)8(11)4-5/h2H,1,3-4H2. The zero-order valence-electron chi connectivity index (χ0n) is 5.96. The fraction of sp³-hybridized carbons (Fsp3) is 0.375. The summed E-state index contributed by atoms with van der Waals surface area (Å²) in [6.07, 6.45) is 2.77. The first-order chi connectivity index (χ1) is 5.27. The van der Waals surface area contributed by atoms with Crippen molar-refractivity contribution in [3.05, 3.63) is 11.3 Å². The monoisotopic (exact) mass is 149 g/mol. The largest absolute Gasteiger partial charge is 0.299 e. The highest BCUT2D eigenvalue weighted by Gasteiger charge is 2.26. The highest BCUT2D eigenvalue weighted by molar-refractivity contribution is 6.13. The first kappa shape index (κ1) is 6.46. The number of hydrogen-bond donors (Lipinski definition) is 0. The van der Waals surface area contributed by atoms with Crippen LogP contribution in [0.25, 0.3) is 0 Å². The summed E-state index contributed by atoms with van der Waals surface area (Å²) in [5, 5.41) is 0. The Morgan fingerprint density at radius 2 is 2.09 bits per heavy atom. The molecule has 1 heterocycles. The molecule has 1 aliphatic carbocycles. The lowest BCUT2D eigenvalue weighted by Gasteiger charge is -2.09. The molecular weight excluding hydrogens is 142 g/mol. The van der Waals surface area contributed by atoms with Gasteiger partial charge in [-0.3, -0.25) is 14.6 Å². The molecule has 0 fully saturated rings. The molecular formula is C8H7NO2. The van der Waals surface area contributed by atoms with Gasteiger partial charge in [-0.05, 0) is 0 Å². The molecule has 0 saturated carbocycles. The van der Waals surface area contributed by atoms with Crippen molar-refractivity contribution in [1.82, 2.24) is 0 Å². The minimum atomic E-state index is -0.0336. The maximum atomic E-state index is 11.1. The van der Waals surface area contributed by atoms with Gasteiger partial charge < -0.3 is 0 Å². The molecule has 2 aliphatic rings. The number of rotatable bonds is 0. The van der Waals surface area contributed by atoms with Crippen molar-refractivity contribution in [2.45, 2.75) is 19.3 Å². The minimum Gasteiger partial charge on any atom is -0.299 e. The lowest BCUT2D eigenvalue weighted by molar-refractivity contribution is -0.125. The second-order valence-corrected chi connectivity index (χ2v) is 2.76. The number of carbonyl (C=O) groups excluding carboxylic acids is 2. The van der Waals surface area contributed by atoms with E-state index in [4.69, 9.17) is 0 Å². The Bertz CT molecular complexity index is 299. The quantitative estimate of drug-likeness (QED) is 0.474. The molecule has 0 unspecified atom stereocenters. The van der Waals surface area contributed by atoms with E-state index in [-0.39, 0.29) is 18.0 Å². The maximum absolute atomic E-state index is 11.1. The molecule has 0 aromatic heterocycles. The minimum absolute atomic E-state index is 0.00667. The summed E-state index contributed by atoms with van der Waals surface area (Å²) in [6.45, 7) is 0. The predicted octanol–water partition coefficient (Wildman–Crippen LogP) is 0.647. The van der Waals surface area contributed by atoms with Crippen molar-refractivity contribution in [2.24, 2.45) is 4.99 Å². The summed E-state index contributed by atoms with van der Waals surface area (Å²) < 4.78 is 0. The highest BCUT2D eigenvalue weighted by atomic mass is 16.1. The molecule has 2 rings (SSSR count). The molecule has 0 aromatic rings. The van der Waals surface area contributed by atoms with Crippen molar-refractivity contribution < 1.29 is 9.59 Å².